The van der Waals surface area contributed by atoms with E-state index in [0.717, 1.165) is 22.8 Å². The fourth-order valence-electron chi connectivity index (χ4n) is 2.91. The summed E-state index contributed by atoms with van der Waals surface area (Å²) in [5, 5.41) is 9.11. The first-order chi connectivity index (χ1) is 12.4. The first kappa shape index (κ1) is 16.3. The summed E-state index contributed by atoms with van der Waals surface area (Å²) in [6, 6.07) is 14.5. The van der Waals surface area contributed by atoms with Gasteiger partial charge in [-0.25, -0.2) is 4.98 Å². The number of anilines is 3. The van der Waals surface area contributed by atoms with E-state index in [0.29, 0.717) is 11.6 Å². The maximum Gasteiger partial charge on any atom is 0.231 e. The minimum Gasteiger partial charge on any atom is -0.364 e. The van der Waals surface area contributed by atoms with E-state index in [-0.39, 0.29) is 5.54 Å². The highest BCUT2D eigenvalue weighted by Crippen LogP contribution is 2.26. The summed E-state index contributed by atoms with van der Waals surface area (Å²) in [5.41, 5.74) is 2.28. The molecule has 0 saturated heterocycles. The number of aryl methyl sites for hydroxylation is 1. The number of aromatic amines is 1. The smallest absolute Gasteiger partial charge is 0.231 e. The molecule has 2 heterocycles. The molecule has 26 heavy (non-hydrogen) atoms. The Bertz CT molecular complexity index is 1090. The van der Waals surface area contributed by atoms with Gasteiger partial charge < -0.3 is 15.6 Å². The van der Waals surface area contributed by atoms with Crippen LogP contribution in [0, 0.1) is 6.92 Å². The second kappa shape index (κ2) is 5.98. The summed E-state index contributed by atoms with van der Waals surface area (Å²) < 4.78 is 0. The molecule has 132 valence electrons. The predicted octanol–water partition coefficient (Wildman–Crippen LogP) is 4.77. The standard InChI is InChI=1S/C20H22N6/c1-12-21-16-17(22-12)24-19(25-18(16)26-20(2,3)4)23-15-10-9-13-7-5-6-8-14(13)11-15/h5-11H,1-4H3,(H3,21,22,23,24,25,26). The number of nitrogens with one attached hydrogen (secondary N) is 3. The van der Waals surface area contributed by atoms with Gasteiger partial charge in [-0.1, -0.05) is 30.3 Å². The molecule has 0 aliphatic rings. The van der Waals surface area contributed by atoms with Crippen LogP contribution in [0.3, 0.4) is 0 Å². The van der Waals surface area contributed by atoms with Gasteiger partial charge in [-0.05, 0) is 50.6 Å². The summed E-state index contributed by atoms with van der Waals surface area (Å²) in [7, 11) is 0. The van der Waals surface area contributed by atoms with Crippen LogP contribution in [0.5, 0.6) is 0 Å². The summed E-state index contributed by atoms with van der Waals surface area (Å²) >= 11 is 0. The lowest BCUT2D eigenvalue weighted by Crippen LogP contribution is -2.27. The zero-order valence-electron chi connectivity index (χ0n) is 15.4. The topological polar surface area (TPSA) is 78.5 Å². The zero-order valence-corrected chi connectivity index (χ0v) is 15.4. The number of fused-ring (bicyclic) bond motifs is 2. The fraction of sp³-hybridized carbons (Fsp3) is 0.250. The summed E-state index contributed by atoms with van der Waals surface area (Å²) in [6.07, 6.45) is 0. The molecule has 6 heteroatoms. The second-order valence-electron chi connectivity index (χ2n) is 7.48. The van der Waals surface area contributed by atoms with Crippen molar-refractivity contribution in [1.82, 2.24) is 19.9 Å². The molecule has 0 amide bonds. The molecule has 2 aromatic carbocycles. The average Bonchev–Trinajstić information content (AvgIpc) is 2.94. The van der Waals surface area contributed by atoms with Crippen LogP contribution >= 0.6 is 0 Å². The van der Waals surface area contributed by atoms with Gasteiger partial charge in [0.05, 0.1) is 0 Å². The Kier molecular flexibility index (Phi) is 3.76. The van der Waals surface area contributed by atoms with Gasteiger partial charge in [0, 0.05) is 11.2 Å². The van der Waals surface area contributed by atoms with Crippen molar-refractivity contribution < 1.29 is 0 Å². The number of imidazole rings is 1. The summed E-state index contributed by atoms with van der Waals surface area (Å²) in [5.74, 6) is 2.08. The molecular weight excluding hydrogens is 324 g/mol. The van der Waals surface area contributed by atoms with Gasteiger partial charge in [0.2, 0.25) is 5.95 Å². The van der Waals surface area contributed by atoms with Crippen molar-refractivity contribution >= 4 is 39.4 Å². The van der Waals surface area contributed by atoms with Gasteiger partial charge in [0.25, 0.3) is 0 Å². The predicted molar refractivity (Wildman–Crippen MR) is 107 cm³/mol. The molecule has 0 fully saturated rings. The molecule has 2 aromatic heterocycles. The van der Waals surface area contributed by atoms with Gasteiger partial charge in [-0.2, -0.15) is 9.97 Å². The highest BCUT2D eigenvalue weighted by Gasteiger charge is 2.17. The van der Waals surface area contributed by atoms with Crippen molar-refractivity contribution in [1.29, 1.82) is 0 Å². The Morgan fingerprint density at radius 3 is 2.46 bits per heavy atom. The zero-order chi connectivity index (χ0) is 18.3. The van der Waals surface area contributed by atoms with Crippen LogP contribution in [0.1, 0.15) is 26.6 Å². The van der Waals surface area contributed by atoms with Crippen molar-refractivity contribution in [2.75, 3.05) is 10.6 Å². The average molecular weight is 346 g/mol. The summed E-state index contributed by atoms with van der Waals surface area (Å²) in [6.45, 7) is 8.21. The van der Waals surface area contributed by atoms with Crippen LogP contribution in [0.25, 0.3) is 21.9 Å². The second-order valence-corrected chi connectivity index (χ2v) is 7.48. The molecule has 0 unspecified atom stereocenters. The van der Waals surface area contributed by atoms with E-state index in [1.54, 1.807) is 0 Å². The highest BCUT2D eigenvalue weighted by atomic mass is 15.2. The van der Waals surface area contributed by atoms with Gasteiger partial charge in [0.1, 0.15) is 11.3 Å². The van der Waals surface area contributed by atoms with E-state index in [9.17, 15) is 0 Å². The first-order valence-corrected chi connectivity index (χ1v) is 8.66. The van der Waals surface area contributed by atoms with Crippen LogP contribution < -0.4 is 10.6 Å². The van der Waals surface area contributed by atoms with Gasteiger partial charge >= 0.3 is 0 Å². The van der Waals surface area contributed by atoms with Crippen LogP contribution in [-0.4, -0.2) is 25.5 Å². The Morgan fingerprint density at radius 1 is 0.923 bits per heavy atom. The van der Waals surface area contributed by atoms with Gasteiger partial charge in [-0.15, -0.1) is 0 Å². The number of hydrogen-bond donors (Lipinski definition) is 3. The molecule has 0 saturated carbocycles. The third-order valence-corrected chi connectivity index (χ3v) is 3.97. The lowest BCUT2D eigenvalue weighted by Gasteiger charge is -2.21. The minimum absolute atomic E-state index is 0.124. The number of H-pyrrole nitrogens is 1. The normalized spacial score (nSPS) is 11.8. The largest absolute Gasteiger partial charge is 0.364 e. The van der Waals surface area contributed by atoms with Crippen LogP contribution in [0.15, 0.2) is 42.5 Å². The minimum atomic E-state index is -0.124. The monoisotopic (exact) mass is 346 g/mol. The van der Waals surface area contributed by atoms with Gasteiger partial charge in [0.15, 0.2) is 11.5 Å². The molecule has 0 bridgehead atoms. The molecule has 6 nitrogen and oxygen atoms in total. The van der Waals surface area contributed by atoms with Gasteiger partial charge in [-0.3, -0.25) is 0 Å². The van der Waals surface area contributed by atoms with Crippen molar-refractivity contribution in [2.24, 2.45) is 0 Å². The Balaban J connectivity index is 1.75. The number of nitrogens with zero attached hydrogens (tertiary/aromatic N) is 3. The van der Waals surface area contributed by atoms with E-state index in [4.69, 9.17) is 0 Å². The SMILES string of the molecule is Cc1nc2nc(Nc3ccc4ccccc4c3)nc(NC(C)(C)C)c2[nH]1. The van der Waals surface area contributed by atoms with E-state index >= 15 is 0 Å². The van der Waals surface area contributed by atoms with Crippen molar-refractivity contribution in [3.8, 4) is 0 Å². The van der Waals surface area contributed by atoms with E-state index in [1.807, 2.05) is 25.1 Å². The molecule has 0 atom stereocenters. The van der Waals surface area contributed by atoms with Crippen molar-refractivity contribution in [3.63, 3.8) is 0 Å². The highest BCUT2D eigenvalue weighted by molar-refractivity contribution is 5.87. The van der Waals surface area contributed by atoms with Crippen LogP contribution in [-0.2, 0) is 0 Å². The maximum atomic E-state index is 4.67. The maximum absolute atomic E-state index is 4.67. The molecule has 0 spiro atoms. The van der Waals surface area contributed by atoms with Crippen molar-refractivity contribution in [2.45, 2.75) is 33.2 Å². The van der Waals surface area contributed by atoms with E-state index < -0.39 is 0 Å². The van der Waals surface area contributed by atoms with Crippen LogP contribution in [0.4, 0.5) is 17.5 Å². The first-order valence-electron chi connectivity index (χ1n) is 8.66. The Morgan fingerprint density at radius 2 is 1.69 bits per heavy atom. The number of benzene rings is 2. The molecule has 0 radical (unpaired) electrons. The Labute approximate surface area is 152 Å². The number of aromatic nitrogens is 4. The fourth-order valence-corrected chi connectivity index (χ4v) is 2.91. The lowest BCUT2D eigenvalue weighted by molar-refractivity contribution is 0.631. The van der Waals surface area contributed by atoms with E-state index in [2.05, 4.69) is 75.6 Å². The molecular formula is C20H22N6. The van der Waals surface area contributed by atoms with E-state index in [1.165, 1.54) is 10.8 Å². The van der Waals surface area contributed by atoms with Crippen molar-refractivity contribution in [3.05, 3.63) is 48.3 Å². The molecule has 0 aliphatic carbocycles. The molecule has 4 rings (SSSR count). The lowest BCUT2D eigenvalue weighted by atomic mass is 10.1. The quantitative estimate of drug-likeness (QED) is 0.498. The molecule has 4 aromatic rings. The molecule has 3 N–H and O–H groups in total. The van der Waals surface area contributed by atoms with Crippen LogP contribution in [0.2, 0.25) is 0 Å². The summed E-state index contributed by atoms with van der Waals surface area (Å²) in [4.78, 5) is 16.9. The number of hydrogen-bond acceptors (Lipinski definition) is 5. The number of rotatable bonds is 3. The third kappa shape index (κ3) is 3.31. The Hall–Kier alpha value is -3.15. The third-order valence-electron chi connectivity index (χ3n) is 3.97. The molecule has 0 aliphatic heterocycles.